The highest BCUT2D eigenvalue weighted by atomic mass is 16.5. The molecule has 0 radical (unpaired) electrons. The van der Waals surface area contributed by atoms with Crippen LogP contribution >= 0.6 is 0 Å². The van der Waals surface area contributed by atoms with Crippen LogP contribution in [-0.2, 0) is 30.3 Å². The van der Waals surface area contributed by atoms with Gasteiger partial charge in [-0.1, -0.05) is 39.0 Å². The zero-order valence-corrected chi connectivity index (χ0v) is 29.0. The molecule has 11 nitrogen and oxygen atoms in total. The van der Waals surface area contributed by atoms with Gasteiger partial charge < -0.3 is 34.3 Å². The summed E-state index contributed by atoms with van der Waals surface area (Å²) >= 11 is 0. The number of methoxy groups -OCH3 is 2. The normalized spacial score (nSPS) is 15.3. The third-order valence-electron chi connectivity index (χ3n) is 8.89. The van der Waals surface area contributed by atoms with Crippen molar-refractivity contribution in [3.05, 3.63) is 53.6 Å². The molecule has 1 heterocycles. The summed E-state index contributed by atoms with van der Waals surface area (Å²) in [6, 6.07) is 11.8. The second kappa shape index (κ2) is 19.0. The van der Waals surface area contributed by atoms with Crippen molar-refractivity contribution in [2.45, 2.75) is 90.7 Å². The summed E-state index contributed by atoms with van der Waals surface area (Å²) in [7, 11) is 3.14. The van der Waals surface area contributed by atoms with E-state index >= 15 is 0 Å². The van der Waals surface area contributed by atoms with Gasteiger partial charge in [-0.3, -0.25) is 14.4 Å². The highest BCUT2D eigenvalue weighted by Crippen LogP contribution is 2.32. The van der Waals surface area contributed by atoms with Gasteiger partial charge in [0.2, 0.25) is 5.78 Å². The van der Waals surface area contributed by atoms with Crippen LogP contribution in [0.5, 0.6) is 17.2 Å². The lowest BCUT2D eigenvalue weighted by Crippen LogP contribution is -2.53. The minimum absolute atomic E-state index is 0.131. The minimum Gasteiger partial charge on any atom is -0.493 e. The number of nitrogens with zero attached hydrogens (tertiary/aromatic N) is 1. The van der Waals surface area contributed by atoms with E-state index in [9.17, 15) is 19.2 Å². The lowest BCUT2D eigenvalue weighted by Gasteiger charge is -2.36. The first-order valence-electron chi connectivity index (χ1n) is 16.9. The summed E-state index contributed by atoms with van der Waals surface area (Å²) in [5, 5.41) is 11.7. The largest absolute Gasteiger partial charge is 0.493 e. The Morgan fingerprint density at radius 3 is 2.48 bits per heavy atom. The van der Waals surface area contributed by atoms with Crippen molar-refractivity contribution < 1.29 is 43.2 Å². The van der Waals surface area contributed by atoms with Gasteiger partial charge in [-0.15, -0.1) is 0 Å². The highest BCUT2D eigenvalue weighted by molar-refractivity contribution is 6.38. The third-order valence-corrected chi connectivity index (χ3v) is 8.89. The molecule has 0 saturated carbocycles. The first kappa shape index (κ1) is 38.3. The molecular formula is C37H52N2O9. The minimum atomic E-state index is -0.869. The molecule has 0 spiro atoms. The molecule has 0 bridgehead atoms. The monoisotopic (exact) mass is 668 g/mol. The highest BCUT2D eigenvalue weighted by Gasteiger charge is 2.41. The summed E-state index contributed by atoms with van der Waals surface area (Å²) < 4.78 is 22.8. The van der Waals surface area contributed by atoms with Gasteiger partial charge >= 0.3 is 5.97 Å². The summed E-state index contributed by atoms with van der Waals surface area (Å²) in [6.07, 6.45) is 4.85. The van der Waals surface area contributed by atoms with Crippen LogP contribution < -0.4 is 19.5 Å². The van der Waals surface area contributed by atoms with E-state index in [0.29, 0.717) is 74.4 Å². The number of unbranched alkanes of at least 4 members (excludes halogenated alkanes) is 2. The number of ether oxygens (including phenoxy) is 4. The molecule has 2 atom stereocenters. The molecule has 0 unspecified atom stereocenters. The summed E-state index contributed by atoms with van der Waals surface area (Å²) in [5.74, 6) is -0.344. The van der Waals surface area contributed by atoms with Crippen LogP contribution in [0, 0.1) is 5.41 Å². The predicted molar refractivity (Wildman–Crippen MR) is 181 cm³/mol. The van der Waals surface area contributed by atoms with E-state index in [1.54, 1.807) is 46.3 Å². The smallest absolute Gasteiger partial charge is 0.329 e. The second-order valence-electron chi connectivity index (χ2n) is 12.7. The van der Waals surface area contributed by atoms with Gasteiger partial charge in [0, 0.05) is 25.1 Å². The zero-order chi connectivity index (χ0) is 35.1. The average Bonchev–Trinajstić information content (AvgIpc) is 3.11. The predicted octanol–water partition coefficient (Wildman–Crippen LogP) is 4.96. The maximum atomic E-state index is 13.8. The Morgan fingerprint density at radius 1 is 1.00 bits per heavy atom. The Kier molecular flexibility index (Phi) is 15.2. The topological polar surface area (TPSA) is 141 Å². The van der Waals surface area contributed by atoms with E-state index in [2.05, 4.69) is 5.32 Å². The molecule has 2 N–H and O–H groups in total. The van der Waals surface area contributed by atoms with Gasteiger partial charge in [-0.2, -0.15) is 0 Å². The Hall–Kier alpha value is -4.12. The number of carbonyl (C=O) groups excluding carboxylic acids is 4. The maximum Gasteiger partial charge on any atom is 0.329 e. The lowest BCUT2D eigenvalue weighted by molar-refractivity contribution is -0.164. The molecule has 48 heavy (non-hydrogen) atoms. The quantitative estimate of drug-likeness (QED) is 0.121. The molecule has 11 heteroatoms. The molecule has 1 aliphatic rings. The first-order chi connectivity index (χ1) is 23.0. The Morgan fingerprint density at radius 2 is 1.77 bits per heavy atom. The fourth-order valence-corrected chi connectivity index (χ4v) is 5.49. The second-order valence-corrected chi connectivity index (χ2v) is 12.7. The number of Topliss-reactive ketones (excluding diaryl/α,β-unsaturated/α-hetero) is 1. The number of carbonyl (C=O) groups is 4. The number of hydrogen-bond donors (Lipinski definition) is 2. The van der Waals surface area contributed by atoms with Crippen molar-refractivity contribution in [3.8, 4) is 17.2 Å². The van der Waals surface area contributed by atoms with Crippen molar-refractivity contribution in [1.29, 1.82) is 0 Å². The van der Waals surface area contributed by atoms with E-state index in [1.165, 1.54) is 4.90 Å². The summed E-state index contributed by atoms with van der Waals surface area (Å²) in [4.78, 5) is 54.0. The van der Waals surface area contributed by atoms with Crippen LogP contribution in [0.2, 0.25) is 0 Å². The van der Waals surface area contributed by atoms with Gasteiger partial charge in [-0.25, -0.2) is 4.79 Å². The molecule has 1 fully saturated rings. The van der Waals surface area contributed by atoms with Crippen molar-refractivity contribution in [2.75, 3.05) is 40.5 Å². The number of aliphatic hydroxyl groups is 1. The van der Waals surface area contributed by atoms with Crippen LogP contribution in [0.15, 0.2) is 42.5 Å². The van der Waals surface area contributed by atoms with Crippen molar-refractivity contribution in [3.63, 3.8) is 0 Å². The average molecular weight is 669 g/mol. The third kappa shape index (κ3) is 11.0. The van der Waals surface area contributed by atoms with Crippen LogP contribution in [0.4, 0.5) is 0 Å². The van der Waals surface area contributed by atoms with Crippen molar-refractivity contribution in [2.24, 2.45) is 5.41 Å². The number of hydrogen-bond acceptors (Lipinski definition) is 9. The molecule has 0 aromatic heterocycles. The maximum absolute atomic E-state index is 13.8. The van der Waals surface area contributed by atoms with Crippen LogP contribution in [0.1, 0.15) is 89.4 Å². The van der Waals surface area contributed by atoms with E-state index in [4.69, 9.17) is 24.1 Å². The SMILES string of the molecule is CCC(C)(C)C(=O)C(=O)N1CCCC[C@H]1C(=O)O[C@H](CCc1ccc(OC)c(OC)c1)c1cccc(OCC(=O)NCCCCCO)c1. The van der Waals surface area contributed by atoms with E-state index < -0.39 is 35.2 Å². The molecule has 1 saturated heterocycles. The first-order valence-corrected chi connectivity index (χ1v) is 16.9. The number of benzene rings is 2. The Labute approximate surface area is 284 Å². The van der Waals surface area contributed by atoms with Gasteiger partial charge in [0.05, 0.1) is 14.2 Å². The molecule has 264 valence electrons. The molecule has 2 aromatic carbocycles. The van der Waals surface area contributed by atoms with Gasteiger partial charge in [0.15, 0.2) is 18.1 Å². The van der Waals surface area contributed by atoms with E-state index in [-0.39, 0.29) is 19.1 Å². The fraction of sp³-hybridized carbons (Fsp3) is 0.568. The van der Waals surface area contributed by atoms with Crippen molar-refractivity contribution in [1.82, 2.24) is 10.2 Å². The number of likely N-dealkylation sites (tertiary alicyclic amines) is 1. The van der Waals surface area contributed by atoms with Gasteiger partial charge in [-0.05, 0) is 93.2 Å². The number of amides is 2. The molecule has 1 aliphatic heterocycles. The number of esters is 1. The number of piperidine rings is 1. The summed E-state index contributed by atoms with van der Waals surface area (Å²) in [5.41, 5.74) is 0.781. The van der Waals surface area contributed by atoms with E-state index in [0.717, 1.165) is 24.8 Å². The fourth-order valence-electron chi connectivity index (χ4n) is 5.49. The number of aryl methyl sites for hydroxylation is 1. The van der Waals surface area contributed by atoms with Crippen LogP contribution in [0.3, 0.4) is 0 Å². The molecule has 2 amide bonds. The van der Waals surface area contributed by atoms with Crippen LogP contribution in [0.25, 0.3) is 0 Å². The Balaban J connectivity index is 1.80. The Bertz CT molecular complexity index is 1380. The standard InChI is InChI=1S/C37H52N2O9/c1-6-37(2,3)34(42)35(43)39-21-10-8-15-29(39)36(44)48-30(18-16-26-17-19-31(45-4)32(23-26)46-5)27-13-12-14-28(24-27)47-25-33(41)38-20-9-7-11-22-40/h12-14,17,19,23-24,29-30,40H,6-11,15-16,18,20-22,25H2,1-5H3,(H,38,41)/t29-,30+/m0/s1. The number of ketones is 1. The molecule has 0 aliphatic carbocycles. The van der Waals surface area contributed by atoms with Gasteiger partial charge in [0.1, 0.15) is 17.9 Å². The van der Waals surface area contributed by atoms with E-state index in [1.807, 2.05) is 31.2 Å². The van der Waals surface area contributed by atoms with Crippen LogP contribution in [-0.4, -0.2) is 80.1 Å². The molecule has 2 aromatic rings. The molecule has 3 rings (SSSR count). The van der Waals surface area contributed by atoms with Gasteiger partial charge in [0.25, 0.3) is 11.8 Å². The van der Waals surface area contributed by atoms with Crippen molar-refractivity contribution >= 4 is 23.6 Å². The summed E-state index contributed by atoms with van der Waals surface area (Å²) in [6.45, 7) is 6.11. The lowest BCUT2D eigenvalue weighted by atomic mass is 9.84. The number of nitrogens with one attached hydrogen (secondary N) is 1. The molecular weight excluding hydrogens is 616 g/mol. The zero-order valence-electron chi connectivity index (χ0n) is 29.0. The number of rotatable bonds is 19. The number of aliphatic hydroxyl groups excluding tert-OH is 1.